The van der Waals surface area contributed by atoms with Gasteiger partial charge in [-0.1, -0.05) is 12.1 Å². The molecule has 7 heteroatoms. The predicted molar refractivity (Wildman–Crippen MR) is 106 cm³/mol. The van der Waals surface area contributed by atoms with E-state index in [9.17, 15) is 14.4 Å². The minimum absolute atomic E-state index is 0.0248. The van der Waals surface area contributed by atoms with Crippen molar-refractivity contribution in [3.8, 4) is 0 Å². The molecule has 0 radical (unpaired) electrons. The Labute approximate surface area is 161 Å². The number of anilines is 3. The maximum atomic E-state index is 13.1. The molecule has 2 aromatic carbocycles. The quantitative estimate of drug-likeness (QED) is 0.830. The Kier molecular flexibility index (Phi) is 4.61. The van der Waals surface area contributed by atoms with E-state index in [0.717, 1.165) is 10.6 Å². The molecule has 0 bridgehead atoms. The van der Waals surface area contributed by atoms with Crippen LogP contribution < -0.4 is 15.1 Å². The second kappa shape index (κ2) is 7.08. The lowest BCUT2D eigenvalue weighted by atomic mass is 10.1. The molecule has 1 N–H and O–H groups in total. The summed E-state index contributed by atoms with van der Waals surface area (Å²) in [7, 11) is 0. The van der Waals surface area contributed by atoms with Crippen LogP contribution in [0.25, 0.3) is 0 Å². The van der Waals surface area contributed by atoms with Crippen molar-refractivity contribution in [1.82, 2.24) is 0 Å². The Balaban J connectivity index is 1.55. The summed E-state index contributed by atoms with van der Waals surface area (Å²) in [4.78, 5) is 41.9. The van der Waals surface area contributed by atoms with E-state index in [4.69, 9.17) is 0 Å². The van der Waals surface area contributed by atoms with Crippen molar-refractivity contribution in [2.45, 2.75) is 11.3 Å². The van der Waals surface area contributed by atoms with Crippen molar-refractivity contribution in [3.63, 3.8) is 0 Å². The lowest BCUT2D eigenvalue weighted by Gasteiger charge is -2.30. The first-order chi connectivity index (χ1) is 13.1. The molecule has 0 aliphatic carbocycles. The van der Waals surface area contributed by atoms with Crippen LogP contribution in [0.15, 0.2) is 53.4 Å². The minimum atomic E-state index is -0.461. The molecular weight excluding hydrogens is 362 g/mol. The predicted octanol–water partition coefficient (Wildman–Crippen LogP) is 2.75. The molecule has 1 fully saturated rings. The van der Waals surface area contributed by atoms with Gasteiger partial charge in [0.2, 0.25) is 17.7 Å². The van der Waals surface area contributed by atoms with Gasteiger partial charge in [-0.15, -0.1) is 11.8 Å². The van der Waals surface area contributed by atoms with E-state index in [1.807, 2.05) is 48.7 Å². The van der Waals surface area contributed by atoms with E-state index in [1.54, 1.807) is 22.7 Å². The molecule has 4 rings (SSSR count). The van der Waals surface area contributed by atoms with Crippen molar-refractivity contribution >= 4 is 46.5 Å². The zero-order valence-corrected chi connectivity index (χ0v) is 15.7. The zero-order chi connectivity index (χ0) is 19.0. The highest BCUT2D eigenvalue weighted by Crippen LogP contribution is 2.33. The normalized spacial score (nSPS) is 19.1. The van der Waals surface area contributed by atoms with Crippen LogP contribution in [0.5, 0.6) is 0 Å². The van der Waals surface area contributed by atoms with Crippen LogP contribution >= 0.6 is 11.8 Å². The number of benzene rings is 2. The summed E-state index contributed by atoms with van der Waals surface area (Å²) in [6, 6.07) is 15.0. The maximum absolute atomic E-state index is 13.1. The van der Waals surface area contributed by atoms with Gasteiger partial charge in [-0.05, 0) is 42.7 Å². The first kappa shape index (κ1) is 17.6. The number of carbonyl (C=O) groups is 3. The Morgan fingerprint density at radius 1 is 1.11 bits per heavy atom. The van der Waals surface area contributed by atoms with Crippen LogP contribution in [0.3, 0.4) is 0 Å². The number of nitrogens with zero attached hydrogens (tertiary/aromatic N) is 2. The fraction of sp³-hybridized carbons (Fsp3) is 0.250. The summed E-state index contributed by atoms with van der Waals surface area (Å²) in [6.45, 7) is 0.305. The summed E-state index contributed by atoms with van der Waals surface area (Å²) in [5.74, 6) is -0.943. The average Bonchev–Trinajstić information content (AvgIpc) is 3.08. The van der Waals surface area contributed by atoms with Gasteiger partial charge in [-0.25, -0.2) is 0 Å². The Morgan fingerprint density at radius 2 is 1.85 bits per heavy atom. The van der Waals surface area contributed by atoms with Crippen LogP contribution in [-0.4, -0.2) is 37.1 Å². The molecule has 0 aromatic heterocycles. The molecule has 0 saturated carbocycles. The van der Waals surface area contributed by atoms with Crippen LogP contribution in [-0.2, 0) is 14.4 Å². The molecule has 0 spiro atoms. The first-order valence-electron chi connectivity index (χ1n) is 8.71. The van der Waals surface area contributed by atoms with Crippen molar-refractivity contribution in [2.24, 2.45) is 5.92 Å². The Morgan fingerprint density at radius 3 is 2.59 bits per heavy atom. The minimum Gasteiger partial charge on any atom is -0.323 e. The number of carbonyl (C=O) groups excluding carboxylic acids is 3. The number of hydrogen-bond donors (Lipinski definition) is 1. The van der Waals surface area contributed by atoms with Gasteiger partial charge in [0.25, 0.3) is 0 Å². The number of fused-ring (bicyclic) bond motifs is 1. The molecule has 6 nitrogen and oxygen atoms in total. The molecule has 2 aliphatic heterocycles. The van der Waals surface area contributed by atoms with Gasteiger partial charge in [0.15, 0.2) is 0 Å². The van der Waals surface area contributed by atoms with Crippen molar-refractivity contribution in [2.75, 3.05) is 34.5 Å². The molecule has 1 unspecified atom stereocenters. The second-order valence-electron chi connectivity index (χ2n) is 6.59. The van der Waals surface area contributed by atoms with Gasteiger partial charge in [0.1, 0.15) is 6.54 Å². The van der Waals surface area contributed by atoms with Crippen LogP contribution in [0.2, 0.25) is 0 Å². The Bertz CT molecular complexity index is 913. The fourth-order valence-corrected chi connectivity index (χ4v) is 3.94. The lowest BCUT2D eigenvalue weighted by molar-refractivity contribution is -0.125. The summed E-state index contributed by atoms with van der Waals surface area (Å²) in [5.41, 5.74) is 2.10. The second-order valence-corrected chi connectivity index (χ2v) is 7.47. The zero-order valence-electron chi connectivity index (χ0n) is 14.8. The maximum Gasteiger partial charge on any atom is 0.244 e. The standard InChI is InChI=1S/C20H19N3O3S/c1-27-15-8-6-14(7-9-15)22-11-13(10-19(22)25)20(26)23-12-18(24)21-16-4-2-3-5-17(16)23/h2-9,13H,10-12H2,1H3,(H,21,24). The number of amides is 3. The first-order valence-corrected chi connectivity index (χ1v) is 9.94. The van der Waals surface area contributed by atoms with Gasteiger partial charge in [0.05, 0.1) is 17.3 Å². The molecule has 2 aliphatic rings. The molecule has 2 aromatic rings. The molecule has 27 heavy (non-hydrogen) atoms. The van der Waals surface area contributed by atoms with Crippen LogP contribution in [0.1, 0.15) is 6.42 Å². The smallest absolute Gasteiger partial charge is 0.244 e. The number of hydrogen-bond acceptors (Lipinski definition) is 4. The van der Waals surface area contributed by atoms with E-state index >= 15 is 0 Å². The van der Waals surface area contributed by atoms with Gasteiger partial charge in [-0.3, -0.25) is 14.4 Å². The molecule has 138 valence electrons. The van der Waals surface area contributed by atoms with Crippen molar-refractivity contribution < 1.29 is 14.4 Å². The highest BCUT2D eigenvalue weighted by Gasteiger charge is 2.39. The van der Waals surface area contributed by atoms with E-state index in [-0.39, 0.29) is 30.7 Å². The topological polar surface area (TPSA) is 69.7 Å². The number of para-hydroxylation sites is 2. The van der Waals surface area contributed by atoms with Crippen LogP contribution in [0, 0.1) is 5.92 Å². The van der Waals surface area contributed by atoms with Crippen LogP contribution in [0.4, 0.5) is 17.1 Å². The third-order valence-electron chi connectivity index (χ3n) is 4.90. The molecule has 1 saturated heterocycles. The SMILES string of the molecule is CSc1ccc(N2CC(C(=O)N3CC(=O)Nc4ccccc43)CC2=O)cc1. The van der Waals surface area contributed by atoms with Crippen molar-refractivity contribution in [1.29, 1.82) is 0 Å². The third-order valence-corrected chi connectivity index (χ3v) is 5.64. The highest BCUT2D eigenvalue weighted by molar-refractivity contribution is 7.98. The summed E-state index contributed by atoms with van der Waals surface area (Å²) < 4.78 is 0. The van der Waals surface area contributed by atoms with E-state index in [1.165, 1.54) is 4.90 Å². The third kappa shape index (κ3) is 3.30. The number of nitrogens with one attached hydrogen (secondary N) is 1. The highest BCUT2D eigenvalue weighted by atomic mass is 32.2. The van der Waals surface area contributed by atoms with Gasteiger partial charge < -0.3 is 15.1 Å². The molecule has 2 heterocycles. The molecular formula is C20H19N3O3S. The Hall–Kier alpha value is -2.80. The van der Waals surface area contributed by atoms with Gasteiger partial charge >= 0.3 is 0 Å². The summed E-state index contributed by atoms with van der Waals surface area (Å²) in [5, 5.41) is 2.78. The van der Waals surface area contributed by atoms with Gasteiger partial charge in [0, 0.05) is 23.5 Å². The largest absolute Gasteiger partial charge is 0.323 e. The van der Waals surface area contributed by atoms with Crippen molar-refractivity contribution in [3.05, 3.63) is 48.5 Å². The van der Waals surface area contributed by atoms with E-state index in [0.29, 0.717) is 17.9 Å². The van der Waals surface area contributed by atoms with Gasteiger partial charge in [-0.2, -0.15) is 0 Å². The fourth-order valence-electron chi connectivity index (χ4n) is 3.53. The number of thioether (sulfide) groups is 1. The average molecular weight is 381 g/mol. The summed E-state index contributed by atoms with van der Waals surface area (Å²) >= 11 is 1.64. The summed E-state index contributed by atoms with van der Waals surface area (Å²) in [6.07, 6.45) is 2.15. The number of rotatable bonds is 3. The monoisotopic (exact) mass is 381 g/mol. The lowest BCUT2D eigenvalue weighted by Crippen LogP contribution is -2.45. The molecule has 1 atom stereocenters. The van der Waals surface area contributed by atoms with E-state index in [2.05, 4.69) is 5.32 Å². The van der Waals surface area contributed by atoms with E-state index < -0.39 is 5.92 Å². The molecule has 3 amide bonds.